The molecule has 6 heteroatoms. The van der Waals surface area contributed by atoms with Crippen LogP contribution in [0.4, 0.5) is 5.69 Å². The molecule has 0 radical (unpaired) electrons. The van der Waals surface area contributed by atoms with Gasteiger partial charge in [0.25, 0.3) is 5.88 Å². The minimum Gasteiger partial charge on any atom is -0.490 e. The molecule has 5 nitrogen and oxygen atoms in total. The van der Waals surface area contributed by atoms with Crippen molar-refractivity contribution in [3.63, 3.8) is 0 Å². The van der Waals surface area contributed by atoms with Gasteiger partial charge in [-0.25, -0.2) is 4.98 Å². The fourth-order valence-electron chi connectivity index (χ4n) is 0.908. The first-order chi connectivity index (χ1) is 6.54. The van der Waals surface area contributed by atoms with Crippen molar-refractivity contribution in [2.45, 2.75) is 6.92 Å². The van der Waals surface area contributed by atoms with Crippen molar-refractivity contribution in [2.75, 3.05) is 12.8 Å². The van der Waals surface area contributed by atoms with E-state index in [0.717, 1.165) is 0 Å². The molecule has 76 valence electrons. The van der Waals surface area contributed by atoms with Gasteiger partial charge in [-0.15, -0.1) is 0 Å². The molecule has 1 rings (SSSR count). The molecule has 0 unspecified atom stereocenters. The van der Waals surface area contributed by atoms with E-state index in [9.17, 15) is 4.79 Å². The molecule has 1 aromatic heterocycles. The van der Waals surface area contributed by atoms with Gasteiger partial charge in [0.1, 0.15) is 4.60 Å². The van der Waals surface area contributed by atoms with Crippen LogP contribution in [0.25, 0.3) is 0 Å². The van der Waals surface area contributed by atoms with E-state index in [2.05, 4.69) is 20.9 Å². The molecule has 0 aliphatic carbocycles. The molecule has 0 saturated carbocycles. The minimum absolute atomic E-state index is 0.0619. The summed E-state index contributed by atoms with van der Waals surface area (Å²) in [6.07, 6.45) is 0. The Morgan fingerprint density at radius 3 is 2.79 bits per heavy atom. The zero-order chi connectivity index (χ0) is 10.7. The summed E-state index contributed by atoms with van der Waals surface area (Å²) in [7, 11) is 1.42. The summed E-state index contributed by atoms with van der Waals surface area (Å²) in [5, 5.41) is 0. The number of rotatable bonds is 2. The van der Waals surface area contributed by atoms with Gasteiger partial charge in [0.15, 0.2) is 0 Å². The lowest BCUT2D eigenvalue weighted by atomic mass is 10.4. The van der Waals surface area contributed by atoms with Gasteiger partial charge in [0.05, 0.1) is 12.8 Å². The van der Waals surface area contributed by atoms with Gasteiger partial charge in [-0.05, 0) is 22.0 Å². The molecule has 0 spiro atoms. The number of ether oxygens (including phenoxy) is 2. The van der Waals surface area contributed by atoms with E-state index in [1.54, 1.807) is 6.07 Å². The fourth-order valence-corrected chi connectivity index (χ4v) is 1.32. The monoisotopic (exact) mass is 260 g/mol. The number of nitrogen functional groups attached to an aromatic ring is 1. The smallest absolute Gasteiger partial charge is 0.309 e. The summed E-state index contributed by atoms with van der Waals surface area (Å²) in [5.41, 5.74) is 5.97. The number of anilines is 1. The zero-order valence-electron chi connectivity index (χ0n) is 7.70. The van der Waals surface area contributed by atoms with Crippen molar-refractivity contribution in [1.29, 1.82) is 0 Å². The average molecular weight is 261 g/mol. The average Bonchev–Trinajstić information content (AvgIpc) is 2.01. The molecule has 2 N–H and O–H groups in total. The summed E-state index contributed by atoms with van der Waals surface area (Å²) in [4.78, 5) is 14.6. The first-order valence-corrected chi connectivity index (χ1v) is 4.52. The Morgan fingerprint density at radius 1 is 1.64 bits per heavy atom. The van der Waals surface area contributed by atoms with Crippen LogP contribution in [0, 0.1) is 0 Å². The minimum atomic E-state index is -0.478. The molecule has 0 aliphatic heterocycles. The van der Waals surface area contributed by atoms with Crippen molar-refractivity contribution in [1.82, 2.24) is 4.98 Å². The van der Waals surface area contributed by atoms with Crippen LogP contribution in [-0.4, -0.2) is 18.1 Å². The molecule has 14 heavy (non-hydrogen) atoms. The fraction of sp³-hybridized carbons (Fsp3) is 0.250. The van der Waals surface area contributed by atoms with Crippen LogP contribution in [0.3, 0.4) is 0 Å². The lowest BCUT2D eigenvalue weighted by molar-refractivity contribution is -0.132. The summed E-state index contributed by atoms with van der Waals surface area (Å²) in [6, 6.07) is 1.56. The van der Waals surface area contributed by atoms with E-state index in [1.165, 1.54) is 14.0 Å². The molecular formula is C8H9BrN2O3. The second-order valence-electron chi connectivity index (χ2n) is 2.47. The highest BCUT2D eigenvalue weighted by molar-refractivity contribution is 9.10. The van der Waals surface area contributed by atoms with Crippen LogP contribution < -0.4 is 15.2 Å². The highest BCUT2D eigenvalue weighted by Gasteiger charge is 2.13. The zero-order valence-corrected chi connectivity index (χ0v) is 9.29. The van der Waals surface area contributed by atoms with Crippen LogP contribution in [-0.2, 0) is 4.79 Å². The standard InChI is InChI=1S/C8H9BrN2O3/c1-4(12)14-8-7(13-2)5(10)3-6(9)11-8/h3H,1-2H3,(H2,10,11). The van der Waals surface area contributed by atoms with Crippen LogP contribution in [0.15, 0.2) is 10.7 Å². The summed E-state index contributed by atoms with van der Waals surface area (Å²) in [6.45, 7) is 1.28. The number of carbonyl (C=O) groups is 1. The van der Waals surface area contributed by atoms with Gasteiger partial charge in [-0.1, -0.05) is 0 Å². The number of methoxy groups -OCH3 is 1. The number of halogens is 1. The van der Waals surface area contributed by atoms with E-state index in [1.807, 2.05) is 0 Å². The molecule has 0 atom stereocenters. The normalized spacial score (nSPS) is 9.64. The maximum Gasteiger partial charge on any atom is 0.309 e. The third-order valence-corrected chi connectivity index (χ3v) is 1.79. The summed E-state index contributed by atoms with van der Waals surface area (Å²) >= 11 is 3.13. The first kappa shape index (κ1) is 10.8. The van der Waals surface area contributed by atoms with Gasteiger partial charge in [-0.3, -0.25) is 4.79 Å². The highest BCUT2D eigenvalue weighted by atomic mass is 79.9. The number of aromatic nitrogens is 1. The predicted octanol–water partition coefficient (Wildman–Crippen LogP) is 1.36. The van der Waals surface area contributed by atoms with Crippen molar-refractivity contribution in [3.8, 4) is 11.6 Å². The highest BCUT2D eigenvalue weighted by Crippen LogP contribution is 2.33. The summed E-state index contributed by atoms with van der Waals surface area (Å²) in [5.74, 6) is -0.163. The van der Waals surface area contributed by atoms with Crippen LogP contribution in [0.1, 0.15) is 6.92 Å². The third kappa shape index (κ3) is 2.35. The lowest BCUT2D eigenvalue weighted by Gasteiger charge is -2.09. The molecule has 0 aromatic carbocycles. The van der Waals surface area contributed by atoms with Gasteiger partial charge >= 0.3 is 5.97 Å². The lowest BCUT2D eigenvalue weighted by Crippen LogP contribution is -2.06. The topological polar surface area (TPSA) is 74.4 Å². The molecule has 1 aromatic rings. The van der Waals surface area contributed by atoms with E-state index >= 15 is 0 Å². The maximum atomic E-state index is 10.7. The number of nitrogens with two attached hydrogens (primary N) is 1. The van der Waals surface area contributed by atoms with Crippen LogP contribution in [0.5, 0.6) is 11.6 Å². The van der Waals surface area contributed by atoms with Gasteiger partial charge in [0.2, 0.25) is 5.75 Å². The number of nitrogens with zero attached hydrogens (tertiary/aromatic N) is 1. The second kappa shape index (κ2) is 4.28. The molecule has 0 saturated heterocycles. The molecule has 0 amide bonds. The Balaban J connectivity index is 3.17. The quantitative estimate of drug-likeness (QED) is 0.642. The first-order valence-electron chi connectivity index (χ1n) is 3.73. The number of hydrogen-bond acceptors (Lipinski definition) is 5. The third-order valence-electron chi connectivity index (χ3n) is 1.38. The Morgan fingerprint density at radius 2 is 2.29 bits per heavy atom. The molecule has 1 heterocycles. The SMILES string of the molecule is COc1c(N)cc(Br)nc1OC(C)=O. The van der Waals surface area contributed by atoms with E-state index in [4.69, 9.17) is 15.2 Å². The van der Waals surface area contributed by atoms with Crippen LogP contribution >= 0.6 is 15.9 Å². The molecular weight excluding hydrogens is 252 g/mol. The van der Waals surface area contributed by atoms with Gasteiger partial charge in [0, 0.05) is 6.92 Å². The Hall–Kier alpha value is -1.30. The summed E-state index contributed by atoms with van der Waals surface area (Å²) < 4.78 is 10.2. The van der Waals surface area contributed by atoms with Crippen LogP contribution in [0.2, 0.25) is 0 Å². The van der Waals surface area contributed by atoms with Crippen molar-refractivity contribution >= 4 is 27.6 Å². The van der Waals surface area contributed by atoms with E-state index < -0.39 is 5.97 Å². The van der Waals surface area contributed by atoms with Crippen molar-refractivity contribution < 1.29 is 14.3 Å². The number of pyridine rings is 1. The van der Waals surface area contributed by atoms with E-state index in [0.29, 0.717) is 10.3 Å². The Bertz CT molecular complexity index is 368. The molecule has 0 aliphatic rings. The maximum absolute atomic E-state index is 10.7. The number of esters is 1. The Labute approximate surface area is 89.3 Å². The van der Waals surface area contributed by atoms with Gasteiger partial charge < -0.3 is 15.2 Å². The van der Waals surface area contributed by atoms with Gasteiger partial charge in [-0.2, -0.15) is 0 Å². The van der Waals surface area contributed by atoms with Crippen molar-refractivity contribution in [3.05, 3.63) is 10.7 Å². The Kier molecular flexibility index (Phi) is 3.29. The predicted molar refractivity (Wildman–Crippen MR) is 54.2 cm³/mol. The largest absolute Gasteiger partial charge is 0.490 e. The number of hydrogen-bond donors (Lipinski definition) is 1. The number of carbonyl (C=O) groups excluding carboxylic acids is 1. The second-order valence-corrected chi connectivity index (χ2v) is 3.28. The van der Waals surface area contributed by atoms with Crippen molar-refractivity contribution in [2.24, 2.45) is 0 Å². The van der Waals surface area contributed by atoms with E-state index in [-0.39, 0.29) is 11.6 Å². The molecule has 0 bridgehead atoms. The molecule has 0 fully saturated rings.